The Morgan fingerprint density at radius 2 is 1.09 bits per heavy atom. The van der Waals surface area contributed by atoms with Gasteiger partial charge in [0, 0.05) is 10.0 Å². The summed E-state index contributed by atoms with van der Waals surface area (Å²) in [5.74, 6) is 0. The van der Waals surface area contributed by atoms with Crippen molar-refractivity contribution < 1.29 is 14.2 Å². The minimum absolute atomic E-state index is 0.123. The van der Waals surface area contributed by atoms with Gasteiger partial charge in [-0.15, -0.1) is 0 Å². The fourth-order valence-electron chi connectivity index (χ4n) is 3.49. The van der Waals surface area contributed by atoms with Crippen LogP contribution in [0.15, 0.2) is 72.8 Å². The lowest BCUT2D eigenvalue weighted by molar-refractivity contribution is -0.168. The van der Waals surface area contributed by atoms with E-state index in [-0.39, 0.29) is 25.8 Å². The Hall–Kier alpha value is -1.62. The van der Waals surface area contributed by atoms with Gasteiger partial charge in [-0.3, -0.25) is 0 Å². The quantitative estimate of drug-likeness (QED) is 0.133. The molecule has 2 rings (SSSR count). The highest BCUT2D eigenvalue weighted by Crippen LogP contribution is 2.31. The third-order valence-corrected chi connectivity index (χ3v) is 5.89. The van der Waals surface area contributed by atoms with Crippen LogP contribution in [0, 0.1) is 0 Å². The normalized spacial score (nSPS) is 13.7. The summed E-state index contributed by atoms with van der Waals surface area (Å²) in [7, 11) is 0. The molecule has 0 radical (unpaired) electrons. The maximum Gasteiger partial charge on any atom is 0.150 e. The van der Waals surface area contributed by atoms with E-state index in [2.05, 4.69) is 38.2 Å². The summed E-state index contributed by atoms with van der Waals surface area (Å²) in [5, 5.41) is 1.41. The Kier molecular flexibility index (Phi) is 14.2. The largest absolute Gasteiger partial charge is 0.347 e. The van der Waals surface area contributed by atoms with E-state index in [4.69, 9.17) is 37.4 Å². The van der Waals surface area contributed by atoms with E-state index in [0.29, 0.717) is 10.0 Å². The second-order valence-corrected chi connectivity index (χ2v) is 8.52. The van der Waals surface area contributed by atoms with E-state index >= 15 is 0 Å². The van der Waals surface area contributed by atoms with E-state index in [0.717, 1.165) is 49.7 Å². The van der Waals surface area contributed by atoms with Crippen molar-refractivity contribution in [3.8, 4) is 0 Å². The van der Waals surface area contributed by atoms with Crippen molar-refractivity contribution in [2.45, 2.75) is 64.6 Å². The summed E-state index contributed by atoms with van der Waals surface area (Å²) in [6.07, 6.45) is 14.0. The molecule has 0 saturated carbocycles. The first-order valence-corrected chi connectivity index (χ1v) is 12.5. The lowest BCUT2D eigenvalue weighted by atomic mass is 10.0. The Labute approximate surface area is 209 Å². The molecule has 0 saturated heterocycles. The lowest BCUT2D eigenvalue weighted by Crippen LogP contribution is -2.13. The SMILES string of the molecule is CCC=CCCC(OCOCOC(CCC=CCC)c1ccccc1Cl)c1ccccc1Cl. The van der Waals surface area contributed by atoms with Crippen LogP contribution in [0.25, 0.3) is 0 Å². The van der Waals surface area contributed by atoms with Gasteiger partial charge in [0.05, 0.1) is 12.2 Å². The second-order valence-electron chi connectivity index (χ2n) is 7.71. The molecule has 0 fully saturated rings. The van der Waals surface area contributed by atoms with Gasteiger partial charge in [0.1, 0.15) is 13.6 Å². The van der Waals surface area contributed by atoms with Crippen LogP contribution in [0.1, 0.15) is 75.7 Å². The Morgan fingerprint density at radius 3 is 1.48 bits per heavy atom. The van der Waals surface area contributed by atoms with Crippen molar-refractivity contribution in [1.82, 2.24) is 0 Å². The van der Waals surface area contributed by atoms with Crippen LogP contribution in [0.3, 0.4) is 0 Å². The van der Waals surface area contributed by atoms with Gasteiger partial charge in [0.25, 0.3) is 0 Å². The summed E-state index contributed by atoms with van der Waals surface area (Å²) in [4.78, 5) is 0. The van der Waals surface area contributed by atoms with E-state index in [1.165, 1.54) is 0 Å². The zero-order valence-electron chi connectivity index (χ0n) is 19.7. The summed E-state index contributed by atoms with van der Waals surface area (Å²) in [6.45, 7) is 4.50. The number of halogens is 2. The standard InChI is InChI=1S/C28H36Cl2O3/c1-3-5-7-9-19-27(23-15-11-13-17-25(23)29)32-21-31-22-33-28(20-10-8-6-4-2)24-16-12-14-18-26(24)30/h5-8,11-18,27-28H,3-4,9-10,19-22H2,1-2H3. The number of hydrogen-bond donors (Lipinski definition) is 0. The third-order valence-electron chi connectivity index (χ3n) is 5.21. The highest BCUT2D eigenvalue weighted by Gasteiger charge is 2.16. The first-order chi connectivity index (χ1) is 16.2. The lowest BCUT2D eigenvalue weighted by Gasteiger charge is -2.21. The summed E-state index contributed by atoms with van der Waals surface area (Å²) >= 11 is 12.8. The molecule has 2 aromatic rings. The van der Waals surface area contributed by atoms with Gasteiger partial charge >= 0.3 is 0 Å². The van der Waals surface area contributed by atoms with E-state index in [1.807, 2.05) is 48.5 Å². The predicted molar refractivity (Wildman–Crippen MR) is 139 cm³/mol. The predicted octanol–water partition coefficient (Wildman–Crippen LogP) is 9.23. The molecule has 2 unspecified atom stereocenters. The zero-order chi connectivity index (χ0) is 23.7. The molecule has 0 heterocycles. The first kappa shape index (κ1) is 27.6. The van der Waals surface area contributed by atoms with Crippen LogP contribution in [0.5, 0.6) is 0 Å². The average Bonchev–Trinajstić information content (AvgIpc) is 2.82. The molecule has 2 atom stereocenters. The van der Waals surface area contributed by atoms with Crippen LogP contribution in [0.4, 0.5) is 0 Å². The highest BCUT2D eigenvalue weighted by atomic mass is 35.5. The van der Waals surface area contributed by atoms with E-state index in [1.54, 1.807) is 0 Å². The van der Waals surface area contributed by atoms with Crippen molar-refractivity contribution >= 4 is 23.2 Å². The molecule has 0 aliphatic rings. The number of hydrogen-bond acceptors (Lipinski definition) is 3. The van der Waals surface area contributed by atoms with Gasteiger partial charge in [-0.2, -0.15) is 0 Å². The molecule has 0 amide bonds. The smallest absolute Gasteiger partial charge is 0.150 e. The molecular formula is C28H36Cl2O3. The molecule has 2 aromatic carbocycles. The van der Waals surface area contributed by atoms with Gasteiger partial charge in [-0.05, 0) is 61.8 Å². The minimum Gasteiger partial charge on any atom is -0.347 e. The Balaban J connectivity index is 1.90. The molecule has 0 aliphatic carbocycles. The molecule has 0 aliphatic heterocycles. The molecule has 3 nitrogen and oxygen atoms in total. The number of ether oxygens (including phenoxy) is 3. The highest BCUT2D eigenvalue weighted by molar-refractivity contribution is 6.31. The molecule has 33 heavy (non-hydrogen) atoms. The van der Waals surface area contributed by atoms with Crippen LogP contribution in [0.2, 0.25) is 10.0 Å². The third kappa shape index (κ3) is 10.5. The minimum atomic E-state index is -0.140. The summed E-state index contributed by atoms with van der Waals surface area (Å²) in [5.41, 5.74) is 1.95. The number of rotatable bonds is 16. The van der Waals surface area contributed by atoms with E-state index < -0.39 is 0 Å². The van der Waals surface area contributed by atoms with Crippen LogP contribution >= 0.6 is 23.2 Å². The van der Waals surface area contributed by atoms with Crippen LogP contribution < -0.4 is 0 Å². The van der Waals surface area contributed by atoms with E-state index in [9.17, 15) is 0 Å². The molecule has 0 spiro atoms. The topological polar surface area (TPSA) is 27.7 Å². The van der Waals surface area contributed by atoms with Gasteiger partial charge in [-0.25, -0.2) is 0 Å². The monoisotopic (exact) mass is 490 g/mol. The molecule has 180 valence electrons. The van der Waals surface area contributed by atoms with Gasteiger partial charge in [0.2, 0.25) is 0 Å². The van der Waals surface area contributed by atoms with Crippen molar-refractivity contribution in [2.24, 2.45) is 0 Å². The molecular weight excluding hydrogens is 455 g/mol. The number of allylic oxidation sites excluding steroid dienone is 4. The van der Waals surface area contributed by atoms with Crippen molar-refractivity contribution in [3.63, 3.8) is 0 Å². The molecule has 0 bridgehead atoms. The van der Waals surface area contributed by atoms with Gasteiger partial charge in [0.15, 0.2) is 0 Å². The fraction of sp³-hybridized carbons (Fsp3) is 0.429. The number of benzene rings is 2. The molecule has 5 heteroatoms. The Morgan fingerprint density at radius 1 is 0.667 bits per heavy atom. The van der Waals surface area contributed by atoms with Crippen molar-refractivity contribution in [1.29, 1.82) is 0 Å². The first-order valence-electron chi connectivity index (χ1n) is 11.8. The maximum atomic E-state index is 6.41. The fourth-order valence-corrected chi connectivity index (χ4v) is 4.00. The van der Waals surface area contributed by atoms with Crippen LogP contribution in [-0.2, 0) is 14.2 Å². The van der Waals surface area contributed by atoms with Crippen molar-refractivity contribution in [2.75, 3.05) is 13.6 Å². The second kappa shape index (κ2) is 16.9. The average molecular weight is 491 g/mol. The van der Waals surface area contributed by atoms with Crippen molar-refractivity contribution in [3.05, 3.63) is 94.0 Å². The van der Waals surface area contributed by atoms with Crippen LogP contribution in [-0.4, -0.2) is 13.6 Å². The summed E-state index contributed by atoms with van der Waals surface area (Å²) < 4.78 is 17.8. The zero-order valence-corrected chi connectivity index (χ0v) is 21.2. The molecule has 0 aromatic heterocycles. The van der Waals surface area contributed by atoms with Gasteiger partial charge < -0.3 is 14.2 Å². The maximum absolute atomic E-state index is 6.41. The molecule has 0 N–H and O–H groups in total. The Bertz CT molecular complexity index is 781. The summed E-state index contributed by atoms with van der Waals surface area (Å²) in [6, 6.07) is 15.6. The van der Waals surface area contributed by atoms with Gasteiger partial charge in [-0.1, -0.05) is 97.8 Å².